The van der Waals surface area contributed by atoms with E-state index in [0.717, 1.165) is 33.4 Å². The van der Waals surface area contributed by atoms with Crippen molar-refractivity contribution < 1.29 is 14.4 Å². The highest BCUT2D eigenvalue weighted by Crippen LogP contribution is 2.07. The van der Waals surface area contributed by atoms with E-state index in [1.165, 1.54) is 0 Å². The van der Waals surface area contributed by atoms with Crippen LogP contribution in [0.3, 0.4) is 0 Å². The number of ketones is 3. The molecule has 6 heteroatoms. The van der Waals surface area contributed by atoms with E-state index in [-0.39, 0.29) is 17.3 Å². The Labute approximate surface area is 357 Å². The quantitative estimate of drug-likeness (QED) is 0.0913. The second-order valence-corrected chi connectivity index (χ2v) is 13.9. The van der Waals surface area contributed by atoms with Gasteiger partial charge in [0.1, 0.15) is 0 Å². The van der Waals surface area contributed by atoms with Crippen LogP contribution in [0.25, 0.3) is 36.5 Å². The summed E-state index contributed by atoms with van der Waals surface area (Å²) in [6.07, 6.45) is 20.4. The Balaban J connectivity index is 0.000000222. The van der Waals surface area contributed by atoms with Crippen LogP contribution in [0.5, 0.6) is 0 Å². The number of rotatable bonds is 12. The topological polar surface area (TPSA) is 51.2 Å². The molecular formula is C52H43Cl3O3. The molecule has 0 aliphatic heterocycles. The van der Waals surface area contributed by atoms with Gasteiger partial charge in [-0.2, -0.15) is 0 Å². The van der Waals surface area contributed by atoms with E-state index in [4.69, 9.17) is 34.8 Å². The molecule has 0 radical (unpaired) electrons. The average Bonchev–Trinajstić information content (AvgIpc) is 3.27. The molecule has 0 saturated heterocycles. The van der Waals surface area contributed by atoms with Crippen LogP contribution in [0.4, 0.5) is 0 Å². The number of hydrogen-bond donors (Lipinski definition) is 0. The number of carbonyl (C=O) groups is 3. The number of allylic oxidation sites excluding steroid dienone is 6. The van der Waals surface area contributed by atoms with Gasteiger partial charge in [0.05, 0.1) is 0 Å². The van der Waals surface area contributed by atoms with Crippen LogP contribution < -0.4 is 0 Å². The monoisotopic (exact) mass is 820 g/mol. The Morgan fingerprint density at radius 1 is 0.276 bits per heavy atom. The lowest BCUT2D eigenvalue weighted by atomic mass is 10.1. The highest BCUT2D eigenvalue weighted by Gasteiger charge is 1.93. The first-order chi connectivity index (χ1) is 28.3. The van der Waals surface area contributed by atoms with Crippen molar-refractivity contribution >= 4 is 88.6 Å². The van der Waals surface area contributed by atoms with Gasteiger partial charge in [-0.15, -0.1) is 0 Å². The smallest absolute Gasteiger partial charge is 0.180 e. The summed E-state index contributed by atoms with van der Waals surface area (Å²) in [5, 5.41) is 0. The van der Waals surface area contributed by atoms with Crippen molar-refractivity contribution in [1.82, 2.24) is 0 Å². The van der Waals surface area contributed by atoms with E-state index < -0.39 is 4.30 Å². The van der Waals surface area contributed by atoms with E-state index in [0.29, 0.717) is 0 Å². The van der Waals surface area contributed by atoms with Gasteiger partial charge in [-0.1, -0.05) is 253 Å². The zero-order valence-electron chi connectivity index (χ0n) is 31.7. The fourth-order valence-corrected chi connectivity index (χ4v) is 4.62. The number of hydrogen-bond acceptors (Lipinski definition) is 3. The van der Waals surface area contributed by atoms with Gasteiger partial charge < -0.3 is 0 Å². The largest absolute Gasteiger partial charge is 0.290 e. The van der Waals surface area contributed by atoms with Gasteiger partial charge in [-0.25, -0.2) is 0 Å². The molecule has 6 rings (SSSR count). The minimum Gasteiger partial charge on any atom is -0.290 e. The van der Waals surface area contributed by atoms with Crippen molar-refractivity contribution in [2.75, 3.05) is 0 Å². The number of carbonyl (C=O) groups excluding carboxylic acids is 3. The molecule has 290 valence electrons. The van der Waals surface area contributed by atoms with Crippen molar-refractivity contribution in [3.05, 3.63) is 252 Å². The van der Waals surface area contributed by atoms with Gasteiger partial charge >= 0.3 is 0 Å². The third-order valence-corrected chi connectivity index (χ3v) is 7.44. The maximum Gasteiger partial charge on any atom is 0.180 e. The van der Waals surface area contributed by atoms with Crippen molar-refractivity contribution in [3.63, 3.8) is 0 Å². The fraction of sp³-hybridized carbons (Fsp3) is 0.0192. The lowest BCUT2D eigenvalue weighted by molar-refractivity contribution is -0.111. The van der Waals surface area contributed by atoms with Crippen molar-refractivity contribution in [2.24, 2.45) is 0 Å². The minimum absolute atomic E-state index is 0.0114. The van der Waals surface area contributed by atoms with Gasteiger partial charge in [0.2, 0.25) is 0 Å². The van der Waals surface area contributed by atoms with Crippen molar-refractivity contribution in [3.8, 4) is 0 Å². The van der Waals surface area contributed by atoms with Crippen LogP contribution >= 0.6 is 34.8 Å². The Morgan fingerprint density at radius 2 is 0.397 bits per heavy atom. The van der Waals surface area contributed by atoms with E-state index in [2.05, 4.69) is 0 Å². The van der Waals surface area contributed by atoms with Gasteiger partial charge in [0.25, 0.3) is 0 Å². The average molecular weight is 822 g/mol. The number of benzene rings is 6. The standard InChI is InChI=1S/3C17H14O.CHCl3/c3*18-17(13-11-15-7-3-1-4-8-15)14-12-16-9-5-2-6-10-16;2-1(3)4/h3*1-14H;1H. The van der Waals surface area contributed by atoms with Crippen LogP contribution in [0, 0.1) is 0 Å². The molecule has 6 aromatic carbocycles. The summed E-state index contributed by atoms with van der Waals surface area (Å²) in [7, 11) is 0. The first-order valence-electron chi connectivity index (χ1n) is 18.2. The van der Waals surface area contributed by atoms with Crippen LogP contribution in [-0.2, 0) is 14.4 Å². The molecule has 0 saturated carbocycles. The Morgan fingerprint density at radius 3 is 0.517 bits per heavy atom. The SMILES string of the molecule is ClC(Cl)Cl.O=C(C=Cc1ccccc1)C=Cc1ccccc1.O=C(C=Cc1ccccc1)C=Cc1ccccc1.O=C(C=Cc1ccccc1)C=Cc1ccccc1. The summed E-state index contributed by atoms with van der Waals surface area (Å²) in [5.74, 6) is -0.0341. The van der Waals surface area contributed by atoms with E-state index in [1.807, 2.05) is 218 Å². The van der Waals surface area contributed by atoms with Gasteiger partial charge in [-0.05, 0) is 69.8 Å². The third-order valence-electron chi connectivity index (χ3n) is 7.44. The van der Waals surface area contributed by atoms with Gasteiger partial charge in [0.15, 0.2) is 21.6 Å². The number of halogens is 3. The lowest BCUT2D eigenvalue weighted by Gasteiger charge is -1.91. The molecule has 0 fully saturated rings. The molecule has 0 amide bonds. The zero-order chi connectivity index (χ0) is 41.5. The molecule has 0 aliphatic carbocycles. The van der Waals surface area contributed by atoms with Crippen molar-refractivity contribution in [2.45, 2.75) is 4.30 Å². The minimum atomic E-state index is -0.750. The summed E-state index contributed by atoms with van der Waals surface area (Å²) in [4.78, 5) is 34.8. The Kier molecular flexibility index (Phi) is 23.0. The molecule has 0 unspecified atom stereocenters. The lowest BCUT2D eigenvalue weighted by Crippen LogP contribution is -1.84. The predicted octanol–water partition coefficient (Wildman–Crippen LogP) is 13.9. The first kappa shape index (κ1) is 46.0. The summed E-state index contributed by atoms with van der Waals surface area (Å²) in [5.41, 5.74) is 6.16. The second-order valence-electron chi connectivity index (χ2n) is 11.9. The van der Waals surface area contributed by atoms with Gasteiger partial charge in [0, 0.05) is 0 Å². The normalized spacial score (nSPS) is 11.0. The van der Waals surface area contributed by atoms with Crippen LogP contribution in [0.2, 0.25) is 0 Å². The molecule has 0 spiro atoms. The van der Waals surface area contributed by atoms with Crippen LogP contribution in [-0.4, -0.2) is 21.6 Å². The molecular weight excluding hydrogens is 779 g/mol. The molecule has 58 heavy (non-hydrogen) atoms. The molecule has 0 atom stereocenters. The van der Waals surface area contributed by atoms with Crippen molar-refractivity contribution in [1.29, 1.82) is 0 Å². The molecule has 3 nitrogen and oxygen atoms in total. The summed E-state index contributed by atoms with van der Waals surface area (Å²) in [6, 6.07) is 58.7. The molecule has 6 aromatic rings. The van der Waals surface area contributed by atoms with Gasteiger partial charge in [-0.3, -0.25) is 14.4 Å². The van der Waals surface area contributed by atoms with E-state index >= 15 is 0 Å². The molecule has 0 aliphatic rings. The summed E-state index contributed by atoms with van der Waals surface area (Å²) in [6.45, 7) is 0. The third kappa shape index (κ3) is 22.9. The summed E-state index contributed by atoms with van der Waals surface area (Å²) < 4.78 is -0.750. The van der Waals surface area contributed by atoms with E-state index in [1.54, 1.807) is 36.5 Å². The Bertz CT molecular complexity index is 1820. The van der Waals surface area contributed by atoms with Crippen LogP contribution in [0.1, 0.15) is 33.4 Å². The number of alkyl halides is 3. The zero-order valence-corrected chi connectivity index (χ0v) is 34.0. The first-order valence-corrected chi connectivity index (χ1v) is 19.5. The van der Waals surface area contributed by atoms with Crippen LogP contribution in [0.15, 0.2) is 218 Å². The van der Waals surface area contributed by atoms with E-state index in [9.17, 15) is 14.4 Å². The molecule has 0 heterocycles. The second kappa shape index (κ2) is 29.0. The highest BCUT2D eigenvalue weighted by atomic mass is 35.6. The maximum atomic E-state index is 11.6. The molecule has 0 bridgehead atoms. The molecule has 0 N–H and O–H groups in total. The fourth-order valence-electron chi connectivity index (χ4n) is 4.62. The summed E-state index contributed by atoms with van der Waals surface area (Å²) >= 11 is 14.4. The predicted molar refractivity (Wildman–Crippen MR) is 249 cm³/mol. The Hall–Kier alpha value is -6.36. The maximum absolute atomic E-state index is 11.6. The molecule has 0 aromatic heterocycles. The highest BCUT2D eigenvalue weighted by molar-refractivity contribution is 6.63.